The van der Waals surface area contributed by atoms with Gasteiger partial charge < -0.3 is 20.3 Å². The monoisotopic (exact) mass is 456 g/mol. The van der Waals surface area contributed by atoms with Crippen LogP contribution in [-0.4, -0.2) is 46.6 Å². The van der Waals surface area contributed by atoms with Crippen molar-refractivity contribution in [3.63, 3.8) is 0 Å². The molecule has 1 saturated heterocycles. The molecule has 174 valence electrons. The Morgan fingerprint density at radius 3 is 2.85 bits per heavy atom. The smallest absolute Gasteiger partial charge is 0.387 e. The molecule has 2 N–H and O–H groups in total. The van der Waals surface area contributed by atoms with Crippen molar-refractivity contribution in [2.24, 2.45) is 0 Å². The number of anilines is 2. The summed E-state index contributed by atoms with van der Waals surface area (Å²) < 4.78 is 29.7. The van der Waals surface area contributed by atoms with Gasteiger partial charge in [-0.05, 0) is 44.0 Å². The van der Waals surface area contributed by atoms with Crippen molar-refractivity contribution in [3.05, 3.63) is 47.9 Å². The third-order valence-corrected chi connectivity index (χ3v) is 5.54. The van der Waals surface area contributed by atoms with E-state index in [1.165, 1.54) is 13.0 Å². The van der Waals surface area contributed by atoms with Gasteiger partial charge >= 0.3 is 6.61 Å². The summed E-state index contributed by atoms with van der Waals surface area (Å²) in [5.41, 5.74) is 1.48. The normalized spacial score (nSPS) is 16.8. The second-order valence-corrected chi connectivity index (χ2v) is 8.13. The van der Waals surface area contributed by atoms with Crippen molar-refractivity contribution < 1.29 is 18.3 Å². The SMILES string of the molecule is CC(=O)N[C@@H]1CCN(c2cc3c(NC(C)c4cccc(OC(F)F)c4)nc(C)nc3cn2)C1. The maximum atomic E-state index is 12.6. The van der Waals surface area contributed by atoms with Gasteiger partial charge in [-0.3, -0.25) is 4.79 Å². The lowest BCUT2D eigenvalue weighted by molar-refractivity contribution is -0.119. The first kappa shape index (κ1) is 22.6. The minimum absolute atomic E-state index is 0.0410. The van der Waals surface area contributed by atoms with Gasteiger partial charge in [0.25, 0.3) is 0 Å². The van der Waals surface area contributed by atoms with Gasteiger partial charge in [0.15, 0.2) is 0 Å². The van der Waals surface area contributed by atoms with E-state index < -0.39 is 6.61 Å². The Kier molecular flexibility index (Phi) is 6.52. The molecule has 1 aliphatic rings. The van der Waals surface area contributed by atoms with Crippen LogP contribution in [-0.2, 0) is 4.79 Å². The lowest BCUT2D eigenvalue weighted by atomic mass is 10.1. The number of aromatic nitrogens is 3. The fraction of sp³-hybridized carbons (Fsp3) is 0.391. The number of hydrogen-bond donors (Lipinski definition) is 2. The Balaban J connectivity index is 1.59. The maximum absolute atomic E-state index is 12.6. The molecule has 1 aromatic carbocycles. The van der Waals surface area contributed by atoms with Crippen molar-refractivity contribution in [1.29, 1.82) is 0 Å². The van der Waals surface area contributed by atoms with Crippen LogP contribution in [0.15, 0.2) is 36.5 Å². The summed E-state index contributed by atoms with van der Waals surface area (Å²) in [6.07, 6.45) is 2.57. The average Bonchev–Trinajstić information content (AvgIpc) is 3.21. The van der Waals surface area contributed by atoms with Crippen molar-refractivity contribution in [3.8, 4) is 5.75 Å². The number of carbonyl (C=O) groups excluding carboxylic acids is 1. The van der Waals surface area contributed by atoms with Crippen LogP contribution in [0.2, 0.25) is 0 Å². The molecule has 33 heavy (non-hydrogen) atoms. The van der Waals surface area contributed by atoms with E-state index in [4.69, 9.17) is 0 Å². The molecule has 3 heterocycles. The molecule has 10 heteroatoms. The number of halogens is 2. The Morgan fingerprint density at radius 2 is 2.09 bits per heavy atom. The van der Waals surface area contributed by atoms with Gasteiger partial charge in [0, 0.05) is 31.4 Å². The molecular formula is C23H26F2N6O2. The number of hydrogen-bond acceptors (Lipinski definition) is 7. The second kappa shape index (κ2) is 9.51. The zero-order valence-electron chi connectivity index (χ0n) is 18.7. The van der Waals surface area contributed by atoms with Crippen molar-refractivity contribution >= 4 is 28.4 Å². The van der Waals surface area contributed by atoms with Crippen LogP contribution >= 0.6 is 0 Å². The average molecular weight is 456 g/mol. The molecule has 0 bridgehead atoms. The van der Waals surface area contributed by atoms with E-state index in [1.54, 1.807) is 25.3 Å². The molecule has 0 saturated carbocycles. The summed E-state index contributed by atoms with van der Waals surface area (Å²) in [5.74, 6) is 2.07. The van der Waals surface area contributed by atoms with E-state index in [2.05, 4.69) is 35.2 Å². The lowest BCUT2D eigenvalue weighted by Crippen LogP contribution is -2.35. The van der Waals surface area contributed by atoms with Gasteiger partial charge in [-0.15, -0.1) is 0 Å². The van der Waals surface area contributed by atoms with Gasteiger partial charge in [0.05, 0.1) is 17.8 Å². The topological polar surface area (TPSA) is 92.3 Å². The predicted octanol–water partition coefficient (Wildman–Crippen LogP) is 3.82. The number of nitrogens with zero attached hydrogens (tertiary/aromatic N) is 4. The quantitative estimate of drug-likeness (QED) is 0.558. The standard InChI is InChI=1S/C23H26F2N6O2/c1-13(16-5-4-6-18(9-16)33-23(24)25)27-22-19-10-21(26-11-20(19)28-14(2)29-22)31-8-7-17(12-31)30-15(3)32/h4-6,9-11,13,17,23H,7-8,12H2,1-3H3,(H,30,32)(H,27,28,29)/t13?,17-/m1/s1. The van der Waals surface area contributed by atoms with Crippen LogP contribution < -0.4 is 20.3 Å². The highest BCUT2D eigenvalue weighted by Crippen LogP contribution is 2.29. The third-order valence-electron chi connectivity index (χ3n) is 5.54. The van der Waals surface area contributed by atoms with Gasteiger partial charge in [0.2, 0.25) is 5.91 Å². The fourth-order valence-corrected chi connectivity index (χ4v) is 4.04. The number of aryl methyl sites for hydroxylation is 1. The van der Waals surface area contributed by atoms with Crippen LogP contribution in [0, 0.1) is 6.92 Å². The predicted molar refractivity (Wildman–Crippen MR) is 122 cm³/mol. The third kappa shape index (κ3) is 5.44. The molecule has 0 radical (unpaired) electrons. The Labute approximate surface area is 190 Å². The van der Waals surface area contributed by atoms with E-state index in [1.807, 2.05) is 19.1 Å². The highest BCUT2D eigenvalue weighted by atomic mass is 19.3. The minimum atomic E-state index is -2.88. The molecule has 1 amide bonds. The summed E-state index contributed by atoms with van der Waals surface area (Å²) in [7, 11) is 0. The van der Waals surface area contributed by atoms with Gasteiger partial charge in [-0.25, -0.2) is 15.0 Å². The molecule has 4 rings (SSSR count). The van der Waals surface area contributed by atoms with Gasteiger partial charge in [-0.2, -0.15) is 8.78 Å². The second-order valence-electron chi connectivity index (χ2n) is 8.13. The highest BCUT2D eigenvalue weighted by Gasteiger charge is 2.24. The number of rotatable bonds is 7. The fourth-order valence-electron chi connectivity index (χ4n) is 4.04. The molecule has 8 nitrogen and oxygen atoms in total. The summed E-state index contributed by atoms with van der Waals surface area (Å²) in [6.45, 7) is 3.83. The summed E-state index contributed by atoms with van der Waals surface area (Å²) in [5, 5.41) is 7.14. The summed E-state index contributed by atoms with van der Waals surface area (Å²) in [4.78, 5) is 27.1. The van der Waals surface area contributed by atoms with Crippen molar-refractivity contribution in [1.82, 2.24) is 20.3 Å². The Bertz CT molecular complexity index is 1160. The van der Waals surface area contributed by atoms with Crippen LogP contribution in [0.25, 0.3) is 10.9 Å². The van der Waals surface area contributed by atoms with E-state index in [-0.39, 0.29) is 23.7 Å². The molecule has 3 aromatic rings. The van der Waals surface area contributed by atoms with E-state index in [0.29, 0.717) is 23.7 Å². The molecule has 2 atom stereocenters. The first-order valence-electron chi connectivity index (χ1n) is 10.8. The van der Waals surface area contributed by atoms with Gasteiger partial charge in [-0.1, -0.05) is 12.1 Å². The Morgan fingerprint density at radius 1 is 1.27 bits per heavy atom. The molecule has 0 spiro atoms. The highest BCUT2D eigenvalue weighted by molar-refractivity contribution is 5.90. The van der Waals surface area contributed by atoms with Crippen LogP contribution in [0.4, 0.5) is 20.4 Å². The molecular weight excluding hydrogens is 430 g/mol. The number of ether oxygens (including phenoxy) is 1. The lowest BCUT2D eigenvalue weighted by Gasteiger charge is -2.20. The number of nitrogens with one attached hydrogen (secondary N) is 2. The van der Waals surface area contributed by atoms with Crippen LogP contribution in [0.1, 0.15) is 37.7 Å². The molecule has 0 aliphatic carbocycles. The van der Waals surface area contributed by atoms with Crippen molar-refractivity contribution in [2.75, 3.05) is 23.3 Å². The minimum Gasteiger partial charge on any atom is -0.435 e. The molecule has 1 unspecified atom stereocenters. The maximum Gasteiger partial charge on any atom is 0.387 e. The number of fused-ring (bicyclic) bond motifs is 1. The van der Waals surface area contributed by atoms with Crippen LogP contribution in [0.5, 0.6) is 5.75 Å². The van der Waals surface area contributed by atoms with E-state index in [9.17, 15) is 13.6 Å². The number of carbonyl (C=O) groups is 1. The number of alkyl halides is 2. The van der Waals surface area contributed by atoms with Crippen molar-refractivity contribution in [2.45, 2.75) is 45.9 Å². The largest absolute Gasteiger partial charge is 0.435 e. The molecule has 1 fully saturated rings. The Hall–Kier alpha value is -3.56. The zero-order valence-corrected chi connectivity index (χ0v) is 18.7. The van der Waals surface area contributed by atoms with Crippen LogP contribution in [0.3, 0.4) is 0 Å². The summed E-state index contributed by atoms with van der Waals surface area (Å²) in [6, 6.07) is 8.40. The van der Waals surface area contributed by atoms with E-state index in [0.717, 1.165) is 29.7 Å². The molecule has 1 aliphatic heterocycles. The number of benzene rings is 1. The zero-order chi connectivity index (χ0) is 23.5. The first-order chi connectivity index (χ1) is 15.8. The van der Waals surface area contributed by atoms with E-state index >= 15 is 0 Å². The molecule has 2 aromatic heterocycles. The van der Waals surface area contributed by atoms with Gasteiger partial charge in [0.1, 0.15) is 23.2 Å². The summed E-state index contributed by atoms with van der Waals surface area (Å²) >= 11 is 0. The first-order valence-corrected chi connectivity index (χ1v) is 10.8. The number of pyridine rings is 1. The number of amides is 1.